The summed E-state index contributed by atoms with van der Waals surface area (Å²) in [6.07, 6.45) is 17.9. The minimum absolute atomic E-state index is 0.0268. The maximum Gasteiger partial charge on any atom is 0.295 e. The van der Waals surface area contributed by atoms with E-state index < -0.39 is 45.1 Å². The van der Waals surface area contributed by atoms with Crippen molar-refractivity contribution in [1.29, 1.82) is 10.8 Å². The van der Waals surface area contributed by atoms with Crippen molar-refractivity contribution < 1.29 is 20.1 Å². The van der Waals surface area contributed by atoms with Gasteiger partial charge in [-0.2, -0.15) is 0 Å². The first kappa shape index (κ1) is 46.1. The second-order valence-electron chi connectivity index (χ2n) is 18.0. The van der Waals surface area contributed by atoms with Gasteiger partial charge in [0.25, 0.3) is 23.5 Å². The van der Waals surface area contributed by atoms with Crippen LogP contribution in [-0.4, -0.2) is 29.2 Å². The average molecular weight is 875 g/mol. The summed E-state index contributed by atoms with van der Waals surface area (Å²) in [7, 11) is 0. The summed E-state index contributed by atoms with van der Waals surface area (Å²) in [4.78, 5) is 52.7. The van der Waals surface area contributed by atoms with E-state index in [2.05, 4.69) is 13.8 Å². The molecule has 0 saturated carbocycles. The van der Waals surface area contributed by atoms with Gasteiger partial charge in [-0.05, 0) is 47.9 Å². The molecular formula is C50H62N6O8. The fourth-order valence-corrected chi connectivity index (χ4v) is 10.4. The van der Waals surface area contributed by atoms with E-state index in [1.165, 1.54) is 76.3 Å². The number of hydrogen-bond acceptors (Lipinski definition) is 10. The zero-order valence-corrected chi connectivity index (χ0v) is 37.3. The van der Waals surface area contributed by atoms with Crippen molar-refractivity contribution in [3.8, 4) is 11.8 Å². The third-order valence-corrected chi connectivity index (χ3v) is 13.7. The lowest BCUT2D eigenvalue weighted by Gasteiger charge is -2.22. The van der Waals surface area contributed by atoms with E-state index in [-0.39, 0.29) is 45.1 Å². The summed E-state index contributed by atoms with van der Waals surface area (Å²) in [5.74, 6) is -1.10. The number of fused-ring (bicyclic) bond motifs is 2. The van der Waals surface area contributed by atoms with Crippen molar-refractivity contribution in [2.75, 3.05) is 0 Å². The predicted molar refractivity (Wildman–Crippen MR) is 254 cm³/mol. The summed E-state index contributed by atoms with van der Waals surface area (Å²) < 4.78 is 1.68. The van der Waals surface area contributed by atoms with Gasteiger partial charge in [0.05, 0.1) is 21.5 Å². The molecule has 0 fully saturated rings. The van der Waals surface area contributed by atoms with Crippen molar-refractivity contribution >= 4 is 64.6 Å². The number of rotatable bonds is 26. The summed E-state index contributed by atoms with van der Waals surface area (Å²) in [5.41, 5.74) is -1.58. The lowest BCUT2D eigenvalue weighted by Crippen LogP contribution is -2.30. The van der Waals surface area contributed by atoms with Gasteiger partial charge in [-0.3, -0.25) is 29.8 Å². The van der Waals surface area contributed by atoms with E-state index in [1.807, 2.05) is 0 Å². The highest BCUT2D eigenvalue weighted by Crippen LogP contribution is 2.45. The number of nitro groups is 2. The smallest absolute Gasteiger partial charge is 0.295 e. The van der Waals surface area contributed by atoms with Crippen molar-refractivity contribution in [3.63, 3.8) is 0 Å². The molecule has 2 heterocycles. The topological polar surface area (TPSA) is 218 Å². The first-order valence-electron chi connectivity index (χ1n) is 23.7. The molecule has 4 N–H and O–H groups in total. The second kappa shape index (κ2) is 20.3. The summed E-state index contributed by atoms with van der Waals surface area (Å²) in [6.45, 7) is 4.38. The van der Waals surface area contributed by atoms with Gasteiger partial charge in [0, 0.05) is 65.8 Å². The van der Waals surface area contributed by atoms with E-state index >= 15 is 0 Å². The molecule has 0 radical (unpaired) electrons. The minimum atomic E-state index is -1.52. The van der Waals surface area contributed by atoms with Gasteiger partial charge < -0.3 is 21.0 Å². The highest BCUT2D eigenvalue weighted by Gasteiger charge is 2.33. The third kappa shape index (κ3) is 8.67. The SMILES string of the molecule is CCCCCCCCCCCCC(n1c(O)c2ccc3c4c(=N)cc5c(=O)n(C(CCCCCCCCCCCC)[N+](=O)[O-])c(O)c6ccc(c7c(=N)cc(c1=O)c2c37)c4c65)[N+](=O)[O-]. The molecule has 2 aromatic heterocycles. The van der Waals surface area contributed by atoms with Gasteiger partial charge in [0.15, 0.2) is 0 Å². The number of nitrogens with zero attached hydrogens (tertiary/aromatic N) is 4. The van der Waals surface area contributed by atoms with Gasteiger partial charge in [-0.1, -0.05) is 142 Å². The Hall–Kier alpha value is -5.92. The summed E-state index contributed by atoms with van der Waals surface area (Å²) in [5, 5.41) is 70.6. The lowest BCUT2D eigenvalue weighted by atomic mass is 9.85. The van der Waals surface area contributed by atoms with Gasteiger partial charge in [-0.25, -0.2) is 9.13 Å². The van der Waals surface area contributed by atoms with E-state index in [1.54, 1.807) is 24.3 Å². The Morgan fingerprint density at radius 3 is 1.08 bits per heavy atom. The van der Waals surface area contributed by atoms with Crippen LogP contribution in [0.15, 0.2) is 46.0 Å². The van der Waals surface area contributed by atoms with Crippen LogP contribution in [0, 0.1) is 31.0 Å². The molecular weight excluding hydrogens is 813 g/mol. The molecule has 0 aliphatic heterocycles. The second-order valence-corrected chi connectivity index (χ2v) is 18.0. The molecule has 2 unspecified atom stereocenters. The van der Waals surface area contributed by atoms with Crippen molar-refractivity contribution in [1.82, 2.24) is 9.13 Å². The Morgan fingerprint density at radius 1 is 0.469 bits per heavy atom. The van der Waals surface area contributed by atoms with E-state index in [4.69, 9.17) is 0 Å². The van der Waals surface area contributed by atoms with Crippen LogP contribution in [-0.2, 0) is 0 Å². The zero-order chi connectivity index (χ0) is 45.7. The Morgan fingerprint density at radius 2 is 0.766 bits per heavy atom. The van der Waals surface area contributed by atoms with Gasteiger partial charge >= 0.3 is 0 Å². The lowest BCUT2D eigenvalue weighted by molar-refractivity contribution is -0.550. The quantitative estimate of drug-likeness (QED) is 0.0134. The molecule has 14 nitrogen and oxygen atoms in total. The van der Waals surface area contributed by atoms with Crippen LogP contribution < -0.4 is 21.8 Å². The minimum Gasteiger partial charge on any atom is -0.494 e. The van der Waals surface area contributed by atoms with Crippen molar-refractivity contribution in [2.45, 2.75) is 167 Å². The highest BCUT2D eigenvalue weighted by atomic mass is 16.6. The van der Waals surface area contributed by atoms with Crippen LogP contribution in [0.4, 0.5) is 0 Å². The standard InChI is InChI=1S/C50H62N6O8/c1-3-5-7-9-11-13-15-17-19-21-23-39(55(61)62)53-47(57)33-27-25-31-44-38(52)30-36-42-34(28-26-32(46(42)44)43-37(51)29-35(49(53)59)41(33)45(31)43)48(58)54(50(36)60)40(56(63)64)24-22-20-18-16-14-12-10-8-6-4-2/h25-30,39-40,51-52,57-58H,3-24H2,1-2H3. The highest BCUT2D eigenvalue weighted by molar-refractivity contribution is 6.39. The Labute approximate surface area is 370 Å². The molecule has 7 aromatic rings. The number of unbranched alkanes of at least 4 members (excludes halogenated alkanes) is 18. The molecule has 0 aliphatic carbocycles. The van der Waals surface area contributed by atoms with Crippen LogP contribution >= 0.6 is 0 Å². The molecule has 7 rings (SSSR count). The Bertz CT molecular complexity index is 2830. The van der Waals surface area contributed by atoms with E-state index in [0.717, 1.165) is 60.5 Å². The molecule has 0 bridgehead atoms. The average Bonchev–Trinajstić information content (AvgIpc) is 3.27. The largest absolute Gasteiger partial charge is 0.494 e. The maximum absolute atomic E-state index is 14.3. The zero-order valence-electron chi connectivity index (χ0n) is 37.3. The fraction of sp³-hybridized carbons (Fsp3) is 0.520. The van der Waals surface area contributed by atoms with Crippen molar-refractivity contribution in [3.05, 3.63) is 88.0 Å². The summed E-state index contributed by atoms with van der Waals surface area (Å²) >= 11 is 0. The molecule has 14 heteroatoms. The molecule has 0 spiro atoms. The molecule has 64 heavy (non-hydrogen) atoms. The van der Waals surface area contributed by atoms with E-state index in [0.29, 0.717) is 55.9 Å². The molecule has 0 aliphatic rings. The van der Waals surface area contributed by atoms with Crippen LogP contribution in [0.1, 0.15) is 167 Å². The number of hydrogen-bond donors (Lipinski definition) is 4. The van der Waals surface area contributed by atoms with Crippen LogP contribution in [0.3, 0.4) is 0 Å². The maximum atomic E-state index is 14.3. The first-order valence-corrected chi connectivity index (χ1v) is 23.7. The Balaban J connectivity index is 1.25. The van der Waals surface area contributed by atoms with Gasteiger partial charge in [-0.15, -0.1) is 0 Å². The number of aromatic hydroxyl groups is 2. The van der Waals surface area contributed by atoms with Gasteiger partial charge in [0.2, 0.25) is 11.8 Å². The summed E-state index contributed by atoms with van der Waals surface area (Å²) in [6, 6.07) is 9.15. The number of aromatic nitrogens is 2. The normalized spacial score (nSPS) is 13.2. The first-order chi connectivity index (χ1) is 30.9. The monoisotopic (exact) mass is 874 g/mol. The fourth-order valence-electron chi connectivity index (χ4n) is 10.4. The number of nitrogens with one attached hydrogen (secondary N) is 2. The molecule has 5 aromatic carbocycles. The van der Waals surface area contributed by atoms with Crippen LogP contribution in [0.25, 0.3) is 64.6 Å². The van der Waals surface area contributed by atoms with Crippen LogP contribution in [0.2, 0.25) is 0 Å². The van der Waals surface area contributed by atoms with E-state index in [9.17, 15) is 50.8 Å². The van der Waals surface area contributed by atoms with Crippen LogP contribution in [0.5, 0.6) is 11.8 Å². The van der Waals surface area contributed by atoms with Crippen molar-refractivity contribution in [2.24, 2.45) is 0 Å². The molecule has 2 atom stereocenters. The Kier molecular flexibility index (Phi) is 14.6. The molecule has 0 amide bonds. The third-order valence-electron chi connectivity index (χ3n) is 13.7. The molecule has 0 saturated heterocycles. The number of benzene rings is 5. The number of pyridine rings is 2. The van der Waals surface area contributed by atoms with Gasteiger partial charge in [0.1, 0.15) is 0 Å². The predicted octanol–water partition coefficient (Wildman–Crippen LogP) is 11.8. The molecule has 340 valence electrons.